The fraction of sp³-hybridized carbons (Fsp3) is 0.750. The van der Waals surface area contributed by atoms with E-state index in [2.05, 4.69) is 0 Å². The van der Waals surface area contributed by atoms with Gasteiger partial charge in [-0.05, 0) is 44.9 Å². The SMILES string of the molecule is Cc1nc(C2CCCC2)sc1C(=O)N1CCC([C@@H]2OCCC2C(=O)O)CC1. The number of hydrogen-bond donors (Lipinski definition) is 1. The van der Waals surface area contributed by atoms with Crippen LogP contribution in [-0.4, -0.2) is 52.7 Å². The summed E-state index contributed by atoms with van der Waals surface area (Å²) in [4.78, 5) is 31.8. The molecule has 148 valence electrons. The Morgan fingerprint density at radius 1 is 1.15 bits per heavy atom. The molecule has 2 atom stereocenters. The van der Waals surface area contributed by atoms with Crippen LogP contribution in [0.3, 0.4) is 0 Å². The molecule has 0 spiro atoms. The van der Waals surface area contributed by atoms with Crippen molar-refractivity contribution in [2.24, 2.45) is 11.8 Å². The van der Waals surface area contributed by atoms with Crippen LogP contribution in [0.2, 0.25) is 0 Å². The zero-order chi connectivity index (χ0) is 19.0. The summed E-state index contributed by atoms with van der Waals surface area (Å²) in [6, 6.07) is 0. The molecule has 2 aliphatic heterocycles. The number of carbonyl (C=O) groups excluding carboxylic acids is 1. The third-order valence-electron chi connectivity index (χ3n) is 6.46. The molecule has 7 heteroatoms. The number of likely N-dealkylation sites (tertiary alicyclic amines) is 1. The van der Waals surface area contributed by atoms with Gasteiger partial charge in [-0.1, -0.05) is 12.8 Å². The number of amides is 1. The van der Waals surface area contributed by atoms with Crippen LogP contribution in [0.1, 0.15) is 71.2 Å². The van der Waals surface area contributed by atoms with E-state index in [1.54, 1.807) is 11.3 Å². The molecule has 27 heavy (non-hydrogen) atoms. The Morgan fingerprint density at radius 2 is 1.85 bits per heavy atom. The van der Waals surface area contributed by atoms with Gasteiger partial charge in [0.15, 0.2) is 0 Å². The number of carbonyl (C=O) groups is 2. The summed E-state index contributed by atoms with van der Waals surface area (Å²) in [5, 5.41) is 10.5. The first-order chi connectivity index (χ1) is 13.0. The highest BCUT2D eigenvalue weighted by molar-refractivity contribution is 7.13. The maximum atomic E-state index is 13.0. The molecular weight excluding hydrogens is 364 g/mol. The number of nitrogens with zero attached hydrogens (tertiary/aromatic N) is 2. The highest BCUT2D eigenvalue weighted by atomic mass is 32.1. The fourth-order valence-electron chi connectivity index (χ4n) is 4.88. The van der Waals surface area contributed by atoms with Crippen LogP contribution < -0.4 is 0 Å². The Balaban J connectivity index is 1.38. The monoisotopic (exact) mass is 392 g/mol. The molecule has 0 radical (unpaired) electrons. The van der Waals surface area contributed by atoms with Crippen LogP contribution in [0, 0.1) is 18.8 Å². The van der Waals surface area contributed by atoms with Crippen LogP contribution in [0.4, 0.5) is 0 Å². The fourth-order valence-corrected chi connectivity index (χ4v) is 6.08. The summed E-state index contributed by atoms with van der Waals surface area (Å²) in [5.41, 5.74) is 0.860. The molecule has 3 aliphatic rings. The molecule has 1 saturated carbocycles. The molecular formula is C20H28N2O4S. The van der Waals surface area contributed by atoms with Crippen molar-refractivity contribution >= 4 is 23.2 Å². The van der Waals surface area contributed by atoms with Gasteiger partial charge in [0.25, 0.3) is 5.91 Å². The summed E-state index contributed by atoms with van der Waals surface area (Å²) in [7, 11) is 0. The lowest BCUT2D eigenvalue weighted by molar-refractivity contribution is -0.145. The maximum absolute atomic E-state index is 13.0. The van der Waals surface area contributed by atoms with Gasteiger partial charge in [0.1, 0.15) is 4.88 Å². The topological polar surface area (TPSA) is 79.7 Å². The van der Waals surface area contributed by atoms with Crippen molar-refractivity contribution < 1.29 is 19.4 Å². The molecule has 1 aromatic heterocycles. The molecule has 3 heterocycles. The van der Waals surface area contributed by atoms with E-state index < -0.39 is 11.9 Å². The molecule has 3 fully saturated rings. The van der Waals surface area contributed by atoms with Gasteiger partial charge >= 0.3 is 5.97 Å². The average molecular weight is 393 g/mol. The van der Waals surface area contributed by atoms with Gasteiger partial charge in [-0.25, -0.2) is 4.98 Å². The molecule has 1 aliphatic carbocycles. The van der Waals surface area contributed by atoms with Crippen LogP contribution in [0.25, 0.3) is 0 Å². The predicted molar refractivity (Wildman–Crippen MR) is 102 cm³/mol. The molecule has 1 amide bonds. The minimum atomic E-state index is -0.754. The van der Waals surface area contributed by atoms with Crippen molar-refractivity contribution in [1.82, 2.24) is 9.88 Å². The number of aromatic nitrogens is 1. The third-order valence-corrected chi connectivity index (χ3v) is 7.76. The zero-order valence-electron chi connectivity index (χ0n) is 15.9. The quantitative estimate of drug-likeness (QED) is 0.849. The third kappa shape index (κ3) is 3.76. The van der Waals surface area contributed by atoms with Crippen molar-refractivity contribution in [3.8, 4) is 0 Å². The molecule has 4 rings (SSSR count). The summed E-state index contributed by atoms with van der Waals surface area (Å²) in [6.45, 7) is 3.82. The van der Waals surface area contributed by atoms with E-state index >= 15 is 0 Å². The van der Waals surface area contributed by atoms with Gasteiger partial charge in [-0.2, -0.15) is 0 Å². The summed E-state index contributed by atoms with van der Waals surface area (Å²) in [6.07, 6.45) is 6.95. The largest absolute Gasteiger partial charge is 0.481 e. The Labute approximate surface area is 163 Å². The zero-order valence-corrected chi connectivity index (χ0v) is 16.7. The van der Waals surface area contributed by atoms with Crippen molar-refractivity contribution in [2.45, 2.75) is 63.9 Å². The summed E-state index contributed by atoms with van der Waals surface area (Å²) in [5.74, 6) is -0.289. The first-order valence-electron chi connectivity index (χ1n) is 10.2. The second-order valence-electron chi connectivity index (χ2n) is 8.15. The van der Waals surface area contributed by atoms with Crippen molar-refractivity contribution in [2.75, 3.05) is 19.7 Å². The second-order valence-corrected chi connectivity index (χ2v) is 9.18. The normalized spacial score (nSPS) is 27.4. The van der Waals surface area contributed by atoms with Gasteiger partial charge in [-0.15, -0.1) is 11.3 Å². The average Bonchev–Trinajstić information content (AvgIpc) is 3.41. The highest BCUT2D eigenvalue weighted by Gasteiger charge is 2.41. The van der Waals surface area contributed by atoms with Gasteiger partial charge in [0, 0.05) is 25.6 Å². The number of piperidine rings is 1. The van der Waals surface area contributed by atoms with Crippen molar-refractivity contribution in [3.05, 3.63) is 15.6 Å². The molecule has 0 aromatic carbocycles. The summed E-state index contributed by atoms with van der Waals surface area (Å²) < 4.78 is 5.73. The van der Waals surface area contributed by atoms with E-state index in [1.807, 2.05) is 11.8 Å². The van der Waals surface area contributed by atoms with Crippen molar-refractivity contribution in [3.63, 3.8) is 0 Å². The maximum Gasteiger partial charge on any atom is 0.309 e. The lowest BCUT2D eigenvalue weighted by atomic mass is 9.84. The van der Waals surface area contributed by atoms with E-state index in [9.17, 15) is 14.7 Å². The standard InChI is InChI=1S/C20H28N2O4S/c1-12-17(27-18(21-12)14-4-2-3-5-14)19(23)22-9-6-13(7-10-22)16-15(20(24)25)8-11-26-16/h13-16H,2-11H2,1H3,(H,24,25)/t15?,16-/m0/s1. The minimum Gasteiger partial charge on any atom is -0.481 e. The number of thiazole rings is 1. The van der Waals surface area contributed by atoms with Crippen LogP contribution in [0.15, 0.2) is 0 Å². The van der Waals surface area contributed by atoms with E-state index in [0.717, 1.165) is 28.4 Å². The first kappa shape index (κ1) is 18.9. The van der Waals surface area contributed by atoms with Crippen LogP contribution >= 0.6 is 11.3 Å². The number of rotatable bonds is 4. The number of carboxylic acid groups (broad SMARTS) is 1. The number of hydrogen-bond acceptors (Lipinski definition) is 5. The highest BCUT2D eigenvalue weighted by Crippen LogP contribution is 2.38. The number of ether oxygens (including phenoxy) is 1. The van der Waals surface area contributed by atoms with Crippen LogP contribution in [0.5, 0.6) is 0 Å². The van der Waals surface area contributed by atoms with E-state index in [0.29, 0.717) is 32.0 Å². The number of aryl methyl sites for hydroxylation is 1. The second kappa shape index (κ2) is 7.87. The van der Waals surface area contributed by atoms with Gasteiger partial charge < -0.3 is 14.7 Å². The smallest absolute Gasteiger partial charge is 0.309 e. The van der Waals surface area contributed by atoms with E-state index in [-0.39, 0.29) is 17.9 Å². The Kier molecular flexibility index (Phi) is 5.50. The van der Waals surface area contributed by atoms with Gasteiger partial charge in [-0.3, -0.25) is 9.59 Å². The Bertz CT molecular complexity index is 705. The molecule has 1 unspecified atom stereocenters. The molecule has 1 N–H and O–H groups in total. The first-order valence-corrected chi connectivity index (χ1v) is 11.0. The van der Waals surface area contributed by atoms with Crippen molar-refractivity contribution in [1.29, 1.82) is 0 Å². The molecule has 1 aromatic rings. The lowest BCUT2D eigenvalue weighted by Gasteiger charge is -2.35. The molecule has 6 nitrogen and oxygen atoms in total. The molecule has 0 bridgehead atoms. The van der Waals surface area contributed by atoms with Crippen LogP contribution in [-0.2, 0) is 9.53 Å². The lowest BCUT2D eigenvalue weighted by Crippen LogP contribution is -2.43. The van der Waals surface area contributed by atoms with Gasteiger partial charge in [0.2, 0.25) is 0 Å². The summed E-state index contributed by atoms with van der Waals surface area (Å²) >= 11 is 1.58. The van der Waals surface area contributed by atoms with E-state index in [4.69, 9.17) is 9.72 Å². The number of aliphatic carboxylic acids is 1. The number of carboxylic acids is 1. The Hall–Kier alpha value is -1.47. The minimum absolute atomic E-state index is 0.0924. The van der Waals surface area contributed by atoms with Gasteiger partial charge in [0.05, 0.1) is 22.7 Å². The predicted octanol–water partition coefficient (Wildman–Crippen LogP) is 3.45. The van der Waals surface area contributed by atoms with E-state index in [1.165, 1.54) is 25.7 Å². The Morgan fingerprint density at radius 3 is 2.52 bits per heavy atom. The molecule has 2 saturated heterocycles.